The van der Waals surface area contributed by atoms with Crippen LogP contribution in [0.2, 0.25) is 0 Å². The molecule has 0 bridgehead atoms. The molecule has 0 saturated carbocycles. The molecule has 10 nitrogen and oxygen atoms in total. The standard InChI is InChI=1S/C9H10N4O6/c14-4-5(15)9(19-17)18-8(4)13-2-12-3-6(13)10-1-11-7(3)16/h1-2,4-5,8-9,14-15,17H,(H,10,11,16)/t4-,5+,8-,9-/m1/s1. The van der Waals surface area contributed by atoms with E-state index in [0.29, 0.717) is 0 Å². The third-order valence-electron chi connectivity index (χ3n) is 2.91. The second-order valence-corrected chi connectivity index (χ2v) is 4.00. The normalized spacial score (nSPS) is 31.1. The predicted molar refractivity (Wildman–Crippen MR) is 56.6 cm³/mol. The number of fused-ring (bicyclic) bond motifs is 1. The van der Waals surface area contributed by atoms with Crippen LogP contribution in [0, 0.1) is 0 Å². The van der Waals surface area contributed by atoms with Crippen molar-refractivity contribution in [3.63, 3.8) is 0 Å². The van der Waals surface area contributed by atoms with Crippen LogP contribution in [0.1, 0.15) is 6.23 Å². The Balaban J connectivity index is 2.04. The summed E-state index contributed by atoms with van der Waals surface area (Å²) in [6.45, 7) is 0. The molecule has 0 amide bonds. The van der Waals surface area contributed by atoms with E-state index in [4.69, 9.17) is 9.99 Å². The van der Waals surface area contributed by atoms with E-state index in [2.05, 4.69) is 19.8 Å². The lowest BCUT2D eigenvalue weighted by Crippen LogP contribution is -2.32. The maximum Gasteiger partial charge on any atom is 0.242 e. The van der Waals surface area contributed by atoms with Crippen molar-refractivity contribution >= 4 is 11.2 Å². The second-order valence-electron chi connectivity index (χ2n) is 4.00. The van der Waals surface area contributed by atoms with Gasteiger partial charge in [0.05, 0.1) is 6.33 Å². The van der Waals surface area contributed by atoms with E-state index in [1.165, 1.54) is 10.9 Å². The number of imidazole rings is 1. The summed E-state index contributed by atoms with van der Waals surface area (Å²) in [5, 5.41) is 37.5. The van der Waals surface area contributed by atoms with Gasteiger partial charge >= 0.3 is 0 Å². The fraction of sp³-hybridized carbons (Fsp3) is 0.444. The summed E-state index contributed by atoms with van der Waals surface area (Å²) in [5.74, 6) is -0.313. The SMILES string of the molecule is OO[C@H]1O[C@@H](n2cnc3c(O)ncnc32)[C@H](O)[C@@H]1O. The van der Waals surface area contributed by atoms with Crippen molar-refractivity contribution < 1.29 is 30.2 Å². The van der Waals surface area contributed by atoms with Crippen LogP contribution in [0.3, 0.4) is 0 Å². The molecule has 4 atom stereocenters. The van der Waals surface area contributed by atoms with Gasteiger partial charge in [-0.25, -0.2) is 20.1 Å². The average Bonchev–Trinajstić information content (AvgIpc) is 2.94. The highest BCUT2D eigenvalue weighted by Crippen LogP contribution is 2.32. The highest BCUT2D eigenvalue weighted by molar-refractivity contribution is 5.75. The molecular weight excluding hydrogens is 260 g/mol. The van der Waals surface area contributed by atoms with Gasteiger partial charge in [-0.15, -0.1) is 0 Å². The number of aliphatic hydroxyl groups excluding tert-OH is 2. The van der Waals surface area contributed by atoms with E-state index < -0.39 is 24.7 Å². The minimum Gasteiger partial charge on any atom is -0.492 e. The minimum atomic E-state index is -1.43. The summed E-state index contributed by atoms with van der Waals surface area (Å²) in [5.41, 5.74) is 0.337. The molecule has 102 valence electrons. The molecule has 19 heavy (non-hydrogen) atoms. The first kappa shape index (κ1) is 12.2. The third-order valence-corrected chi connectivity index (χ3v) is 2.91. The van der Waals surface area contributed by atoms with Gasteiger partial charge in [0.25, 0.3) is 0 Å². The number of nitrogens with zero attached hydrogens (tertiary/aromatic N) is 4. The lowest BCUT2D eigenvalue weighted by molar-refractivity contribution is -0.357. The van der Waals surface area contributed by atoms with Gasteiger partial charge in [-0.2, -0.15) is 4.98 Å². The van der Waals surface area contributed by atoms with Gasteiger partial charge < -0.3 is 20.1 Å². The molecule has 0 aromatic carbocycles. The molecule has 3 rings (SSSR count). The Morgan fingerprint density at radius 2 is 2.00 bits per heavy atom. The van der Waals surface area contributed by atoms with E-state index in [-0.39, 0.29) is 17.0 Å². The fourth-order valence-corrected chi connectivity index (χ4v) is 1.97. The zero-order valence-electron chi connectivity index (χ0n) is 9.36. The van der Waals surface area contributed by atoms with Crippen LogP contribution in [0.15, 0.2) is 12.7 Å². The van der Waals surface area contributed by atoms with Crippen molar-refractivity contribution in [3.05, 3.63) is 12.7 Å². The smallest absolute Gasteiger partial charge is 0.242 e. The Morgan fingerprint density at radius 1 is 1.21 bits per heavy atom. The van der Waals surface area contributed by atoms with Crippen LogP contribution >= 0.6 is 0 Å². The molecule has 1 saturated heterocycles. The zero-order chi connectivity index (χ0) is 13.6. The molecule has 0 aliphatic carbocycles. The lowest BCUT2D eigenvalue weighted by atomic mass is 10.2. The number of aromatic hydroxyl groups is 1. The topological polar surface area (TPSA) is 143 Å². The first-order valence-corrected chi connectivity index (χ1v) is 5.32. The number of hydrogen-bond donors (Lipinski definition) is 4. The van der Waals surface area contributed by atoms with E-state index in [1.54, 1.807) is 0 Å². The summed E-state index contributed by atoms with van der Waals surface area (Å²) in [6.07, 6.45) is -2.85. The Bertz CT molecular complexity index is 603. The Morgan fingerprint density at radius 3 is 2.68 bits per heavy atom. The number of aromatic nitrogens is 4. The van der Waals surface area contributed by atoms with Crippen LogP contribution in [-0.4, -0.2) is 58.6 Å². The molecule has 0 radical (unpaired) electrons. The Kier molecular flexibility index (Phi) is 2.80. The van der Waals surface area contributed by atoms with E-state index in [0.717, 1.165) is 6.33 Å². The maximum atomic E-state index is 9.84. The van der Waals surface area contributed by atoms with Gasteiger partial charge in [0.1, 0.15) is 18.5 Å². The van der Waals surface area contributed by atoms with Crippen LogP contribution in [-0.2, 0) is 9.62 Å². The number of ether oxygens (including phenoxy) is 1. The number of rotatable bonds is 2. The molecule has 0 unspecified atom stereocenters. The highest BCUT2D eigenvalue weighted by atomic mass is 17.1. The molecule has 0 spiro atoms. The van der Waals surface area contributed by atoms with Crippen molar-refractivity contribution in [1.29, 1.82) is 0 Å². The van der Waals surface area contributed by atoms with E-state index in [9.17, 15) is 15.3 Å². The van der Waals surface area contributed by atoms with Crippen molar-refractivity contribution in [1.82, 2.24) is 19.5 Å². The minimum absolute atomic E-state index is 0.126. The largest absolute Gasteiger partial charge is 0.492 e. The van der Waals surface area contributed by atoms with Crippen molar-refractivity contribution in [3.8, 4) is 5.88 Å². The van der Waals surface area contributed by atoms with Gasteiger partial charge in [0, 0.05) is 0 Å². The Hall–Kier alpha value is -1.85. The highest BCUT2D eigenvalue weighted by Gasteiger charge is 2.45. The first-order chi connectivity index (χ1) is 9.13. The van der Waals surface area contributed by atoms with Gasteiger partial charge in [-0.05, 0) is 0 Å². The van der Waals surface area contributed by atoms with Crippen LogP contribution in [0.4, 0.5) is 0 Å². The Labute approximate surface area is 105 Å². The predicted octanol–water partition coefficient (Wildman–Crippen LogP) is -1.40. The van der Waals surface area contributed by atoms with Crippen LogP contribution in [0.25, 0.3) is 11.2 Å². The second kappa shape index (κ2) is 4.36. The zero-order valence-corrected chi connectivity index (χ0v) is 9.36. The van der Waals surface area contributed by atoms with Crippen molar-refractivity contribution in [2.45, 2.75) is 24.7 Å². The van der Waals surface area contributed by atoms with Crippen molar-refractivity contribution in [2.75, 3.05) is 0 Å². The lowest BCUT2D eigenvalue weighted by Gasteiger charge is -2.15. The van der Waals surface area contributed by atoms with E-state index >= 15 is 0 Å². The molecule has 3 heterocycles. The number of hydrogen-bond acceptors (Lipinski definition) is 9. The molecule has 2 aromatic heterocycles. The van der Waals surface area contributed by atoms with Gasteiger partial charge in [-0.1, -0.05) is 0 Å². The first-order valence-electron chi connectivity index (χ1n) is 5.32. The van der Waals surface area contributed by atoms with Crippen molar-refractivity contribution in [2.24, 2.45) is 0 Å². The summed E-state index contributed by atoms with van der Waals surface area (Å²) >= 11 is 0. The molecule has 1 aliphatic heterocycles. The molecule has 10 heteroatoms. The molecule has 4 N–H and O–H groups in total. The van der Waals surface area contributed by atoms with E-state index in [1.807, 2.05) is 0 Å². The quantitative estimate of drug-likeness (QED) is 0.382. The number of aliphatic hydroxyl groups is 2. The molecular formula is C9H10N4O6. The van der Waals surface area contributed by atoms with Crippen LogP contribution < -0.4 is 0 Å². The third kappa shape index (κ3) is 1.74. The summed E-state index contributed by atoms with van der Waals surface area (Å²) in [4.78, 5) is 15.3. The molecule has 2 aromatic rings. The van der Waals surface area contributed by atoms with Crippen LogP contribution in [0.5, 0.6) is 5.88 Å². The monoisotopic (exact) mass is 270 g/mol. The van der Waals surface area contributed by atoms with Gasteiger partial charge in [0.2, 0.25) is 12.2 Å². The molecule has 1 fully saturated rings. The van der Waals surface area contributed by atoms with Gasteiger partial charge in [0.15, 0.2) is 17.4 Å². The summed E-state index contributed by atoms with van der Waals surface area (Å²) in [7, 11) is 0. The molecule has 1 aliphatic rings. The maximum absolute atomic E-state index is 9.84. The average molecular weight is 270 g/mol. The summed E-state index contributed by atoms with van der Waals surface area (Å²) in [6, 6.07) is 0. The van der Waals surface area contributed by atoms with Gasteiger partial charge in [-0.3, -0.25) is 4.57 Å². The summed E-state index contributed by atoms with van der Waals surface area (Å²) < 4.78 is 6.43. The fourth-order valence-electron chi connectivity index (χ4n) is 1.97.